The summed E-state index contributed by atoms with van der Waals surface area (Å²) in [7, 11) is -11.4. The van der Waals surface area contributed by atoms with Gasteiger partial charge in [0, 0.05) is 24.8 Å². The summed E-state index contributed by atoms with van der Waals surface area (Å²) in [6, 6.07) is 0. The molecule has 0 spiro atoms. The number of carbonyl (C=O) groups is 6. The van der Waals surface area contributed by atoms with E-state index in [2.05, 4.69) is 0 Å². The second-order valence-electron chi connectivity index (χ2n) is 6.14. The quantitative estimate of drug-likeness (QED) is 0.0837. The number of carbonyl (C=O) groups excluding carboxylic acids is 6. The largest absolute Gasteiger partial charge is 2.00 e. The molecule has 25 heteroatoms. The van der Waals surface area contributed by atoms with Gasteiger partial charge in [0.1, 0.15) is 22.5 Å². The molecule has 0 radical (unpaired) electrons. The van der Waals surface area contributed by atoms with Crippen LogP contribution < -0.4 is 30.6 Å². The van der Waals surface area contributed by atoms with Crippen LogP contribution in [0.2, 0.25) is 0 Å². The van der Waals surface area contributed by atoms with Crippen LogP contribution in [0, 0.1) is 0 Å². The van der Waals surface area contributed by atoms with E-state index in [-0.39, 0.29) is 113 Å². The monoisotopic (exact) mass is 658 g/mol. The van der Waals surface area contributed by atoms with Gasteiger partial charge in [-0.25, -0.2) is 0 Å². The van der Waals surface area contributed by atoms with Crippen molar-refractivity contribution < 1.29 is 98.3 Å². The van der Waals surface area contributed by atoms with Crippen LogP contribution in [-0.2, 0) is 37.9 Å². The Morgan fingerprint density at radius 2 is 0.757 bits per heavy atom. The maximum atomic E-state index is 10.7. The van der Waals surface area contributed by atoms with Gasteiger partial charge in [-0.15, -0.1) is 0 Å². The van der Waals surface area contributed by atoms with E-state index in [4.69, 9.17) is 19.6 Å². The van der Waals surface area contributed by atoms with Crippen molar-refractivity contribution in [2.75, 3.05) is 0 Å². The Labute approximate surface area is 294 Å². The van der Waals surface area contributed by atoms with Gasteiger partial charge in [0.15, 0.2) is 0 Å². The molecular weight excluding hydrogens is 646 g/mol. The number of carboxylic acids is 6. The van der Waals surface area contributed by atoms with Crippen LogP contribution in [0.1, 0.15) is 12.8 Å². The molecule has 0 aliphatic heterocycles. The van der Waals surface area contributed by atoms with Gasteiger partial charge in [-0.3, -0.25) is 9.13 Å². The first-order valence-corrected chi connectivity index (χ1v) is 11.0. The molecule has 0 heterocycles. The zero-order valence-electron chi connectivity index (χ0n) is 18.0. The Bertz CT molecular complexity index is 882. The maximum Gasteiger partial charge on any atom is 2.00 e. The number of hydrogen-bond acceptors (Lipinski definition) is 16. The Hall–Kier alpha value is 0.819. The van der Waals surface area contributed by atoms with Gasteiger partial charge in [-0.2, -0.15) is 0 Å². The molecule has 0 aromatic heterocycles. The minimum absolute atomic E-state index is 0. The molecule has 0 aliphatic rings. The van der Waals surface area contributed by atoms with Crippen molar-refractivity contribution in [1.29, 1.82) is 0 Å². The maximum absolute atomic E-state index is 10.7. The molecule has 0 saturated carbocycles. The molecule has 20 nitrogen and oxygen atoms in total. The van der Waals surface area contributed by atoms with Gasteiger partial charge in [-0.1, -0.05) is 0 Å². The third kappa shape index (κ3) is 14.9. The van der Waals surface area contributed by atoms with Crippen LogP contribution in [0.5, 0.6) is 0 Å². The smallest absolute Gasteiger partial charge is 0.550 e. The second-order valence-corrected chi connectivity index (χ2v) is 9.53. The molecule has 0 aliphatic carbocycles. The number of aliphatic hydroxyl groups is 2. The summed E-state index contributed by atoms with van der Waals surface area (Å²) in [6.07, 6.45) is -3.75. The number of carboxylic acid groups (broad SMARTS) is 6. The predicted octanol–water partition coefficient (Wildman–Crippen LogP) is -13.3. The number of hydrogen-bond donors (Lipinski definition) is 6. The van der Waals surface area contributed by atoms with Gasteiger partial charge in [0.05, 0.1) is 23.9 Å². The normalized spacial score (nSPS) is 15.5. The molecule has 37 heavy (non-hydrogen) atoms. The van der Waals surface area contributed by atoms with E-state index < -0.39 is 86.4 Å². The van der Waals surface area contributed by atoms with Crippen LogP contribution in [0.15, 0.2) is 0 Å². The zero-order valence-corrected chi connectivity index (χ0v) is 26.4. The first-order valence-electron chi connectivity index (χ1n) is 7.65. The van der Waals surface area contributed by atoms with Crippen LogP contribution in [0.3, 0.4) is 0 Å². The SMILES string of the molecule is O=C([O-])CC(O)(C(=O)[O-])C(C(=O)[O-])P(=O)(O)O.O=C([O-])CC(O)(C(=O)[O-])C(C(=O)[O-])P(=O)(O)O.[Ca+2].[Ca+2].[Ca+2]. The average molecular weight is 658 g/mol. The molecule has 0 amide bonds. The molecular formula is C12H12Ca3O20P2. The average Bonchev–Trinajstić information content (AvgIpc) is 2.49. The van der Waals surface area contributed by atoms with Gasteiger partial charge < -0.3 is 89.2 Å². The summed E-state index contributed by atoms with van der Waals surface area (Å²) in [4.78, 5) is 96.3. The van der Waals surface area contributed by atoms with E-state index in [1.54, 1.807) is 0 Å². The van der Waals surface area contributed by atoms with Crippen molar-refractivity contribution in [3.8, 4) is 0 Å². The molecule has 0 aromatic rings. The fourth-order valence-electron chi connectivity index (χ4n) is 2.22. The van der Waals surface area contributed by atoms with Crippen molar-refractivity contribution in [1.82, 2.24) is 0 Å². The van der Waals surface area contributed by atoms with Gasteiger partial charge in [0.25, 0.3) is 0 Å². The van der Waals surface area contributed by atoms with E-state index in [1.807, 2.05) is 0 Å². The Morgan fingerprint density at radius 1 is 0.568 bits per heavy atom. The third-order valence-corrected chi connectivity index (χ3v) is 6.18. The summed E-state index contributed by atoms with van der Waals surface area (Å²) in [5.41, 5.74) is -14.2. The van der Waals surface area contributed by atoms with E-state index in [1.165, 1.54) is 0 Å². The van der Waals surface area contributed by atoms with E-state index in [9.17, 15) is 78.7 Å². The van der Waals surface area contributed by atoms with E-state index >= 15 is 0 Å². The van der Waals surface area contributed by atoms with Crippen LogP contribution in [0.4, 0.5) is 0 Å². The molecule has 0 saturated heterocycles. The van der Waals surface area contributed by atoms with Gasteiger partial charge in [0.2, 0.25) is 0 Å². The van der Waals surface area contributed by atoms with Crippen molar-refractivity contribution in [3.63, 3.8) is 0 Å². The number of rotatable bonds is 12. The molecule has 4 unspecified atom stereocenters. The minimum atomic E-state index is -5.69. The fourth-order valence-corrected chi connectivity index (χ4v) is 4.28. The van der Waals surface area contributed by atoms with Crippen molar-refractivity contribution in [3.05, 3.63) is 0 Å². The van der Waals surface area contributed by atoms with Gasteiger partial charge >= 0.3 is 128 Å². The van der Waals surface area contributed by atoms with Crippen molar-refractivity contribution in [2.45, 2.75) is 35.4 Å². The van der Waals surface area contributed by atoms with Crippen LogP contribution >= 0.6 is 15.2 Å². The van der Waals surface area contributed by atoms with E-state index in [0.717, 1.165) is 0 Å². The topological polar surface area (TPSA) is 396 Å². The molecule has 196 valence electrons. The van der Waals surface area contributed by atoms with Gasteiger partial charge in [-0.05, 0) is 0 Å². The first-order chi connectivity index (χ1) is 14.9. The minimum Gasteiger partial charge on any atom is -0.550 e. The molecule has 0 rings (SSSR count). The van der Waals surface area contributed by atoms with E-state index in [0.29, 0.717) is 0 Å². The predicted molar refractivity (Wildman–Crippen MR) is 98.1 cm³/mol. The molecule has 6 N–H and O–H groups in total. The second kappa shape index (κ2) is 18.3. The third-order valence-electron chi connectivity index (χ3n) is 3.56. The van der Waals surface area contributed by atoms with Crippen molar-refractivity contribution in [2.24, 2.45) is 0 Å². The Balaban J connectivity index is -0.000000171. The summed E-state index contributed by atoms with van der Waals surface area (Å²) in [6.45, 7) is 0. The summed E-state index contributed by atoms with van der Waals surface area (Å²) < 4.78 is 21.4. The molecule has 0 bridgehead atoms. The first kappa shape index (κ1) is 47.6. The van der Waals surface area contributed by atoms with Crippen molar-refractivity contribution >= 4 is 164 Å². The molecule has 0 aromatic carbocycles. The Kier molecular flexibility index (Phi) is 23.5. The standard InChI is InChI=1S/2C6H9O10P.3Ca/c2*7-2(8)1-6(13,5(11)12)3(4(9)10)17(14,15)16;;;/h2*3,13H,1H2,(H,7,8)(H,9,10)(H,11,12)(H2,14,15,16);;;/q;;3*+2/p-6. The van der Waals surface area contributed by atoms with Crippen LogP contribution in [-0.4, -0.2) is 201 Å². The molecule has 4 atom stereocenters. The zero-order chi connectivity index (χ0) is 28.0. The summed E-state index contributed by atoms with van der Waals surface area (Å²) in [5.74, 6) is -15.1. The van der Waals surface area contributed by atoms with Crippen LogP contribution in [0.25, 0.3) is 0 Å². The fraction of sp³-hybridized carbons (Fsp3) is 0.500. The molecule has 0 fully saturated rings. The Morgan fingerprint density at radius 3 is 0.838 bits per heavy atom. The summed E-state index contributed by atoms with van der Waals surface area (Å²) >= 11 is 0. The number of aliphatic carboxylic acids is 6. The summed E-state index contributed by atoms with van der Waals surface area (Å²) in [5, 5.41) is 80.5.